The van der Waals surface area contributed by atoms with Crippen LogP contribution in [0, 0.1) is 0 Å². The van der Waals surface area contributed by atoms with E-state index in [0.717, 1.165) is 28.8 Å². The molecule has 0 atom stereocenters. The molecule has 0 spiro atoms. The smallest absolute Gasteiger partial charge is 0.352 e. The summed E-state index contributed by atoms with van der Waals surface area (Å²) in [5.74, 6) is 0.222. The van der Waals surface area contributed by atoms with E-state index in [1.54, 1.807) is 10.6 Å². The number of likely N-dealkylation sites (tertiary alicyclic amines) is 1. The Bertz CT molecular complexity index is 758. The first-order chi connectivity index (χ1) is 12.0. The Labute approximate surface area is 149 Å². The summed E-state index contributed by atoms with van der Waals surface area (Å²) in [6.45, 7) is 8.20. The Balaban J connectivity index is 1.82. The number of hydrogen-bond acceptors (Lipinski definition) is 3. The minimum atomic E-state index is -0.902. The predicted molar refractivity (Wildman–Crippen MR) is 99.8 cm³/mol. The molecule has 1 aromatic heterocycles. The van der Waals surface area contributed by atoms with Crippen molar-refractivity contribution in [3.05, 3.63) is 29.5 Å². The van der Waals surface area contributed by atoms with Crippen molar-refractivity contribution < 1.29 is 14.6 Å². The molecule has 0 aliphatic carbocycles. The molecule has 0 bridgehead atoms. The van der Waals surface area contributed by atoms with Gasteiger partial charge >= 0.3 is 5.97 Å². The number of carboxylic acids is 1. The largest absolute Gasteiger partial charge is 0.492 e. The van der Waals surface area contributed by atoms with E-state index >= 15 is 0 Å². The molecule has 2 aromatic rings. The third-order valence-electron chi connectivity index (χ3n) is 5.10. The lowest BCUT2D eigenvalue weighted by atomic mass is 10.00. The van der Waals surface area contributed by atoms with Gasteiger partial charge in [0.15, 0.2) is 0 Å². The summed E-state index contributed by atoms with van der Waals surface area (Å²) in [6.07, 6.45) is 3.91. The first kappa shape index (κ1) is 17.8. The maximum atomic E-state index is 11.4. The highest BCUT2D eigenvalue weighted by Gasteiger charge is 2.18. The summed E-state index contributed by atoms with van der Waals surface area (Å²) in [6, 6.07) is 5.76. The number of benzene rings is 1. The van der Waals surface area contributed by atoms with Crippen LogP contribution in [-0.4, -0.2) is 46.8 Å². The number of piperidine rings is 1. The Morgan fingerprint density at radius 2 is 1.92 bits per heavy atom. The van der Waals surface area contributed by atoms with Gasteiger partial charge in [-0.1, -0.05) is 20.3 Å². The van der Waals surface area contributed by atoms with Gasteiger partial charge in [-0.3, -0.25) is 4.90 Å². The molecule has 0 unspecified atom stereocenters. The Hall–Kier alpha value is -2.01. The molecule has 1 aromatic carbocycles. The Morgan fingerprint density at radius 3 is 2.56 bits per heavy atom. The molecule has 1 aliphatic heterocycles. The standard InChI is InChI=1S/C20H28N2O3/c1-14(2)17-13-16(25-10-9-22-7-5-4-6-8-22)11-15-12-18(20(23)24)21(3)19(15)17/h11-14H,4-10H2,1-3H3,(H,23,24). The van der Waals surface area contributed by atoms with Gasteiger partial charge in [0.2, 0.25) is 0 Å². The van der Waals surface area contributed by atoms with Gasteiger partial charge < -0.3 is 14.4 Å². The van der Waals surface area contributed by atoms with Gasteiger partial charge in [-0.05, 0) is 55.6 Å². The average Bonchev–Trinajstić information content (AvgIpc) is 2.92. The topological polar surface area (TPSA) is 54.7 Å². The van der Waals surface area contributed by atoms with E-state index < -0.39 is 5.97 Å². The van der Waals surface area contributed by atoms with Crippen molar-refractivity contribution >= 4 is 16.9 Å². The number of aromatic carboxylic acids is 1. The molecular weight excluding hydrogens is 316 g/mol. The zero-order chi connectivity index (χ0) is 18.0. The third-order valence-corrected chi connectivity index (χ3v) is 5.10. The molecule has 1 fully saturated rings. The number of rotatable bonds is 6. The van der Waals surface area contributed by atoms with Crippen molar-refractivity contribution in [1.29, 1.82) is 0 Å². The molecule has 0 amide bonds. The number of carboxylic acid groups (broad SMARTS) is 1. The van der Waals surface area contributed by atoms with Gasteiger partial charge in [-0.25, -0.2) is 4.79 Å². The lowest BCUT2D eigenvalue weighted by Gasteiger charge is -2.26. The summed E-state index contributed by atoms with van der Waals surface area (Å²) in [5.41, 5.74) is 2.42. The van der Waals surface area contributed by atoms with Crippen LogP contribution < -0.4 is 4.74 Å². The second-order valence-corrected chi connectivity index (χ2v) is 7.25. The molecule has 0 radical (unpaired) electrons. The van der Waals surface area contributed by atoms with Crippen molar-refractivity contribution in [2.24, 2.45) is 7.05 Å². The van der Waals surface area contributed by atoms with Gasteiger partial charge in [0.1, 0.15) is 18.1 Å². The number of nitrogens with zero attached hydrogens (tertiary/aromatic N) is 2. The fourth-order valence-corrected chi connectivity index (χ4v) is 3.72. The van der Waals surface area contributed by atoms with Crippen LogP contribution in [0.2, 0.25) is 0 Å². The summed E-state index contributed by atoms with van der Waals surface area (Å²) < 4.78 is 7.79. The number of fused-ring (bicyclic) bond motifs is 1. The average molecular weight is 344 g/mol. The summed E-state index contributed by atoms with van der Waals surface area (Å²) in [5, 5.41) is 10.3. The lowest BCUT2D eigenvalue weighted by molar-refractivity contribution is 0.0687. The highest BCUT2D eigenvalue weighted by Crippen LogP contribution is 2.32. The van der Waals surface area contributed by atoms with Crippen molar-refractivity contribution in [2.45, 2.75) is 39.0 Å². The maximum Gasteiger partial charge on any atom is 0.352 e. The SMILES string of the molecule is CC(C)c1cc(OCCN2CCCCC2)cc2cc(C(=O)O)n(C)c12. The van der Waals surface area contributed by atoms with E-state index in [0.29, 0.717) is 18.2 Å². The fraction of sp³-hybridized carbons (Fsp3) is 0.550. The molecule has 1 N–H and O–H groups in total. The van der Waals surface area contributed by atoms with Crippen LogP contribution in [0.1, 0.15) is 55.1 Å². The molecule has 1 saturated heterocycles. The number of ether oxygens (including phenoxy) is 1. The van der Waals surface area contributed by atoms with Gasteiger partial charge in [0, 0.05) is 19.0 Å². The number of aryl methyl sites for hydroxylation is 1. The summed E-state index contributed by atoms with van der Waals surface area (Å²) in [7, 11) is 1.81. The van der Waals surface area contributed by atoms with Crippen LogP contribution in [0.4, 0.5) is 0 Å². The molecule has 5 nitrogen and oxygen atoms in total. The minimum absolute atomic E-state index is 0.295. The van der Waals surface area contributed by atoms with E-state index in [9.17, 15) is 9.90 Å². The zero-order valence-electron chi connectivity index (χ0n) is 15.4. The van der Waals surface area contributed by atoms with Gasteiger partial charge in [-0.2, -0.15) is 0 Å². The highest BCUT2D eigenvalue weighted by molar-refractivity contribution is 5.96. The van der Waals surface area contributed by atoms with Gasteiger partial charge in [0.05, 0.1) is 5.52 Å². The van der Waals surface area contributed by atoms with Crippen LogP contribution in [0.25, 0.3) is 10.9 Å². The van der Waals surface area contributed by atoms with E-state index in [4.69, 9.17) is 4.74 Å². The van der Waals surface area contributed by atoms with Gasteiger partial charge in [0.25, 0.3) is 0 Å². The second-order valence-electron chi connectivity index (χ2n) is 7.25. The van der Waals surface area contributed by atoms with E-state index in [1.807, 2.05) is 13.1 Å². The summed E-state index contributed by atoms with van der Waals surface area (Å²) in [4.78, 5) is 13.9. The first-order valence-electron chi connectivity index (χ1n) is 9.19. The molecule has 136 valence electrons. The molecule has 3 rings (SSSR count). The molecule has 2 heterocycles. The minimum Gasteiger partial charge on any atom is -0.492 e. The van der Waals surface area contributed by atoms with Crippen molar-refractivity contribution in [2.75, 3.05) is 26.2 Å². The summed E-state index contributed by atoms with van der Waals surface area (Å²) >= 11 is 0. The van der Waals surface area contributed by atoms with Crippen LogP contribution in [0.5, 0.6) is 5.75 Å². The predicted octanol–water partition coefficient (Wildman–Crippen LogP) is 3.86. The van der Waals surface area contributed by atoms with Crippen LogP contribution in [0.15, 0.2) is 18.2 Å². The van der Waals surface area contributed by atoms with Crippen LogP contribution in [0.3, 0.4) is 0 Å². The maximum absolute atomic E-state index is 11.4. The number of carbonyl (C=O) groups is 1. The Morgan fingerprint density at radius 1 is 1.20 bits per heavy atom. The van der Waals surface area contributed by atoms with E-state index in [-0.39, 0.29) is 0 Å². The van der Waals surface area contributed by atoms with Gasteiger partial charge in [-0.15, -0.1) is 0 Å². The van der Waals surface area contributed by atoms with Crippen molar-refractivity contribution in [1.82, 2.24) is 9.47 Å². The monoisotopic (exact) mass is 344 g/mol. The molecule has 5 heteroatoms. The van der Waals surface area contributed by atoms with Crippen molar-refractivity contribution in [3.8, 4) is 5.75 Å². The van der Waals surface area contributed by atoms with E-state index in [1.165, 1.54) is 32.4 Å². The zero-order valence-corrected chi connectivity index (χ0v) is 15.4. The second kappa shape index (κ2) is 7.48. The third kappa shape index (κ3) is 3.82. The Kier molecular flexibility index (Phi) is 5.33. The lowest BCUT2D eigenvalue weighted by Crippen LogP contribution is -2.33. The molecule has 1 aliphatic rings. The molecule has 0 saturated carbocycles. The van der Waals surface area contributed by atoms with Crippen LogP contribution >= 0.6 is 0 Å². The number of aromatic nitrogens is 1. The van der Waals surface area contributed by atoms with E-state index in [2.05, 4.69) is 24.8 Å². The number of hydrogen-bond donors (Lipinski definition) is 1. The molecular formula is C20H28N2O3. The fourth-order valence-electron chi connectivity index (χ4n) is 3.72. The quantitative estimate of drug-likeness (QED) is 0.864. The normalized spacial score (nSPS) is 15.8. The van der Waals surface area contributed by atoms with Crippen molar-refractivity contribution in [3.63, 3.8) is 0 Å². The molecule has 25 heavy (non-hydrogen) atoms. The highest BCUT2D eigenvalue weighted by atomic mass is 16.5. The first-order valence-corrected chi connectivity index (χ1v) is 9.19. The van der Waals surface area contributed by atoms with Crippen LogP contribution in [-0.2, 0) is 7.05 Å².